The Morgan fingerprint density at radius 3 is 2.79 bits per heavy atom. The van der Waals surface area contributed by atoms with Crippen molar-refractivity contribution in [3.8, 4) is 10.7 Å². The van der Waals surface area contributed by atoms with Crippen molar-refractivity contribution in [2.75, 3.05) is 19.6 Å². The van der Waals surface area contributed by atoms with Crippen LogP contribution in [0, 0.1) is 0 Å². The van der Waals surface area contributed by atoms with E-state index in [2.05, 4.69) is 20.2 Å². The number of carbonyl (C=O) groups is 1. The van der Waals surface area contributed by atoms with Crippen LogP contribution in [0.25, 0.3) is 10.7 Å². The molecule has 0 bridgehead atoms. The third kappa shape index (κ3) is 4.28. The molecule has 128 valence electrons. The summed E-state index contributed by atoms with van der Waals surface area (Å²) in [6.45, 7) is 2.33. The van der Waals surface area contributed by atoms with E-state index >= 15 is 0 Å². The van der Waals surface area contributed by atoms with Crippen LogP contribution in [0.5, 0.6) is 0 Å². The van der Waals surface area contributed by atoms with Crippen molar-refractivity contribution in [3.63, 3.8) is 0 Å². The number of aromatic nitrogens is 2. The molecule has 0 atom stereocenters. The highest BCUT2D eigenvalue weighted by Crippen LogP contribution is 2.27. The summed E-state index contributed by atoms with van der Waals surface area (Å²) in [7, 11) is 0. The minimum atomic E-state index is -1.10. The maximum atomic E-state index is 10.6. The second-order valence-electron chi connectivity index (χ2n) is 6.01. The van der Waals surface area contributed by atoms with Crippen LogP contribution in [0.4, 0.5) is 4.79 Å². The van der Waals surface area contributed by atoms with Gasteiger partial charge in [-0.1, -0.05) is 6.07 Å². The maximum absolute atomic E-state index is 10.6. The molecule has 0 spiro atoms. The van der Waals surface area contributed by atoms with Crippen molar-refractivity contribution in [2.24, 2.45) is 0 Å². The van der Waals surface area contributed by atoms with Gasteiger partial charge in [0, 0.05) is 43.4 Å². The van der Waals surface area contributed by atoms with Gasteiger partial charge in [0.15, 0.2) is 0 Å². The number of nitrogens with zero attached hydrogens (tertiary/aromatic N) is 3. The lowest BCUT2D eigenvalue weighted by molar-refractivity contribution is -0.0206. The number of hydrogen-bond donors (Lipinski definition) is 3. The molecule has 0 unspecified atom stereocenters. The molecule has 3 rings (SSSR count). The van der Waals surface area contributed by atoms with E-state index in [1.807, 2.05) is 24.4 Å². The molecule has 1 saturated heterocycles. The van der Waals surface area contributed by atoms with Crippen LogP contribution in [0.1, 0.15) is 17.7 Å². The molecule has 3 heterocycles. The van der Waals surface area contributed by atoms with Crippen molar-refractivity contribution in [2.45, 2.75) is 25.0 Å². The van der Waals surface area contributed by atoms with Crippen LogP contribution in [0.15, 0.2) is 30.6 Å². The van der Waals surface area contributed by atoms with Crippen LogP contribution in [-0.2, 0) is 6.54 Å². The fourth-order valence-corrected chi connectivity index (χ4v) is 3.68. The Labute approximate surface area is 144 Å². The number of piperidine rings is 1. The summed E-state index contributed by atoms with van der Waals surface area (Å²) in [6.07, 6.45) is 3.64. The Hall–Kier alpha value is -2.03. The van der Waals surface area contributed by atoms with E-state index in [1.165, 1.54) is 0 Å². The van der Waals surface area contributed by atoms with Gasteiger partial charge in [-0.2, -0.15) is 0 Å². The van der Waals surface area contributed by atoms with Gasteiger partial charge in [0.05, 0.1) is 11.3 Å². The van der Waals surface area contributed by atoms with Gasteiger partial charge in [0.1, 0.15) is 5.01 Å². The van der Waals surface area contributed by atoms with Crippen LogP contribution in [-0.4, -0.2) is 56.4 Å². The van der Waals surface area contributed by atoms with Gasteiger partial charge in [-0.05, 0) is 25.0 Å². The Morgan fingerprint density at radius 2 is 2.12 bits per heavy atom. The summed E-state index contributed by atoms with van der Waals surface area (Å²) in [4.78, 5) is 22.7. The first-order chi connectivity index (χ1) is 11.5. The summed E-state index contributed by atoms with van der Waals surface area (Å²) in [5.41, 5.74) is -0.0663. The van der Waals surface area contributed by atoms with E-state index in [0.29, 0.717) is 12.8 Å². The fourth-order valence-electron chi connectivity index (χ4n) is 2.75. The molecule has 24 heavy (non-hydrogen) atoms. The van der Waals surface area contributed by atoms with E-state index < -0.39 is 11.7 Å². The standard InChI is InChI=1S/C16H20N4O3S/c21-15(22)19-11-16(23)4-7-20(8-5-16)10-12-9-18-14(24-12)13-3-1-2-6-17-13/h1-3,6,9,19,23H,4-5,7-8,10-11H2,(H,21,22). The molecule has 1 aliphatic rings. The van der Waals surface area contributed by atoms with E-state index in [1.54, 1.807) is 17.5 Å². The molecule has 1 amide bonds. The first-order valence-electron chi connectivity index (χ1n) is 7.82. The zero-order valence-corrected chi connectivity index (χ0v) is 14.0. The average Bonchev–Trinajstić information content (AvgIpc) is 3.05. The molecule has 0 aliphatic carbocycles. The highest BCUT2D eigenvalue weighted by atomic mass is 32.1. The van der Waals surface area contributed by atoms with E-state index in [9.17, 15) is 9.90 Å². The lowest BCUT2D eigenvalue weighted by Gasteiger charge is -2.37. The van der Waals surface area contributed by atoms with Gasteiger partial charge < -0.3 is 15.5 Å². The van der Waals surface area contributed by atoms with Crippen molar-refractivity contribution < 1.29 is 15.0 Å². The third-order valence-electron chi connectivity index (χ3n) is 4.17. The van der Waals surface area contributed by atoms with Crippen molar-refractivity contribution in [1.82, 2.24) is 20.2 Å². The monoisotopic (exact) mass is 348 g/mol. The van der Waals surface area contributed by atoms with E-state index in [4.69, 9.17) is 5.11 Å². The molecule has 2 aromatic heterocycles. The Kier molecular flexibility index (Phi) is 5.08. The summed E-state index contributed by atoms with van der Waals surface area (Å²) < 4.78 is 0. The second-order valence-corrected chi connectivity index (χ2v) is 7.12. The molecular formula is C16H20N4O3S. The zero-order valence-electron chi connectivity index (χ0n) is 13.2. The van der Waals surface area contributed by atoms with Crippen molar-refractivity contribution >= 4 is 17.4 Å². The molecular weight excluding hydrogens is 328 g/mol. The summed E-state index contributed by atoms with van der Waals surface area (Å²) >= 11 is 1.63. The average molecular weight is 348 g/mol. The number of carboxylic acid groups (broad SMARTS) is 1. The Bertz CT molecular complexity index is 684. The highest BCUT2D eigenvalue weighted by molar-refractivity contribution is 7.14. The predicted octanol–water partition coefficient (Wildman–Crippen LogP) is 1.80. The Balaban J connectivity index is 1.53. The number of amides is 1. The number of rotatable bonds is 5. The Morgan fingerprint density at radius 1 is 1.33 bits per heavy atom. The predicted molar refractivity (Wildman–Crippen MR) is 90.8 cm³/mol. The number of hydrogen-bond acceptors (Lipinski definition) is 6. The lowest BCUT2D eigenvalue weighted by atomic mass is 9.91. The lowest BCUT2D eigenvalue weighted by Crippen LogP contribution is -2.50. The minimum absolute atomic E-state index is 0.0839. The van der Waals surface area contributed by atoms with Crippen molar-refractivity contribution in [3.05, 3.63) is 35.5 Å². The van der Waals surface area contributed by atoms with E-state index in [-0.39, 0.29) is 6.54 Å². The maximum Gasteiger partial charge on any atom is 0.404 e. The molecule has 7 nitrogen and oxygen atoms in total. The first kappa shape index (κ1) is 16.8. The van der Waals surface area contributed by atoms with Gasteiger partial charge in [0.25, 0.3) is 0 Å². The fraction of sp³-hybridized carbons (Fsp3) is 0.438. The number of likely N-dealkylation sites (tertiary alicyclic amines) is 1. The second kappa shape index (κ2) is 7.25. The smallest absolute Gasteiger partial charge is 0.404 e. The van der Waals surface area contributed by atoms with Gasteiger partial charge in [-0.15, -0.1) is 11.3 Å². The molecule has 3 N–H and O–H groups in total. The quantitative estimate of drug-likeness (QED) is 0.762. The van der Waals surface area contributed by atoms with Gasteiger partial charge in [0.2, 0.25) is 0 Å². The third-order valence-corrected chi connectivity index (χ3v) is 5.18. The van der Waals surface area contributed by atoms with Crippen LogP contribution >= 0.6 is 11.3 Å². The summed E-state index contributed by atoms with van der Waals surface area (Å²) in [6, 6.07) is 5.77. The normalized spacial score (nSPS) is 17.5. The van der Waals surface area contributed by atoms with Crippen LogP contribution < -0.4 is 5.32 Å². The summed E-state index contributed by atoms with van der Waals surface area (Å²) in [5, 5.41) is 22.2. The van der Waals surface area contributed by atoms with Gasteiger partial charge in [-0.25, -0.2) is 9.78 Å². The number of aliphatic hydroxyl groups is 1. The largest absolute Gasteiger partial charge is 0.465 e. The molecule has 8 heteroatoms. The first-order valence-corrected chi connectivity index (χ1v) is 8.63. The summed E-state index contributed by atoms with van der Waals surface area (Å²) in [5.74, 6) is 0. The van der Waals surface area contributed by atoms with E-state index in [0.717, 1.165) is 35.2 Å². The molecule has 1 aliphatic heterocycles. The SMILES string of the molecule is O=C(O)NCC1(O)CCN(Cc2cnc(-c3ccccn3)s2)CC1. The van der Waals surface area contributed by atoms with Crippen LogP contribution in [0.3, 0.4) is 0 Å². The number of nitrogens with one attached hydrogen (secondary N) is 1. The topological polar surface area (TPSA) is 98.6 Å². The number of thiazole rings is 1. The van der Waals surface area contributed by atoms with Gasteiger partial charge in [-0.3, -0.25) is 9.88 Å². The highest BCUT2D eigenvalue weighted by Gasteiger charge is 2.32. The van der Waals surface area contributed by atoms with Crippen LogP contribution in [0.2, 0.25) is 0 Å². The molecule has 2 aromatic rings. The van der Waals surface area contributed by atoms with Gasteiger partial charge >= 0.3 is 6.09 Å². The molecule has 0 aromatic carbocycles. The molecule has 1 fully saturated rings. The molecule has 0 radical (unpaired) electrons. The van der Waals surface area contributed by atoms with Crippen molar-refractivity contribution in [1.29, 1.82) is 0 Å². The molecule has 0 saturated carbocycles. The minimum Gasteiger partial charge on any atom is -0.465 e. The zero-order chi connectivity index (χ0) is 17.0. The number of pyridine rings is 1.